The van der Waals surface area contributed by atoms with Crippen LogP contribution in [0, 0.1) is 6.92 Å². The molecule has 0 aliphatic carbocycles. The Kier molecular flexibility index (Phi) is 3.94. The number of carbonyl (C=O) groups excluding carboxylic acids is 1. The number of aryl methyl sites for hydroxylation is 1. The molecule has 1 aliphatic rings. The summed E-state index contributed by atoms with van der Waals surface area (Å²) in [7, 11) is 0. The van der Waals surface area contributed by atoms with Crippen molar-refractivity contribution in [3.63, 3.8) is 0 Å². The maximum absolute atomic E-state index is 12.9. The molecule has 2 aromatic carbocycles. The number of benzene rings is 2. The first kappa shape index (κ1) is 15.1. The van der Waals surface area contributed by atoms with Crippen LogP contribution in [0.4, 0.5) is 5.69 Å². The predicted molar refractivity (Wildman–Crippen MR) is 88.5 cm³/mol. The van der Waals surface area contributed by atoms with Crippen LogP contribution in [-0.2, 0) is 0 Å². The van der Waals surface area contributed by atoms with Crippen LogP contribution in [0.1, 0.15) is 40.9 Å². The minimum absolute atomic E-state index is 0.0617. The monoisotopic (exact) mass is 315 g/mol. The van der Waals surface area contributed by atoms with Gasteiger partial charge in [-0.15, -0.1) is 0 Å². The molecule has 0 bridgehead atoms. The minimum Gasteiger partial charge on any atom is -0.388 e. The van der Waals surface area contributed by atoms with Gasteiger partial charge in [-0.25, -0.2) is 0 Å². The molecule has 3 nitrogen and oxygen atoms in total. The van der Waals surface area contributed by atoms with Gasteiger partial charge in [-0.2, -0.15) is 0 Å². The average Bonchev–Trinajstić information content (AvgIpc) is 2.48. The van der Waals surface area contributed by atoms with E-state index in [4.69, 9.17) is 11.6 Å². The van der Waals surface area contributed by atoms with E-state index in [2.05, 4.69) is 0 Å². The molecule has 0 saturated carbocycles. The van der Waals surface area contributed by atoms with Crippen molar-refractivity contribution in [2.75, 3.05) is 4.90 Å². The summed E-state index contributed by atoms with van der Waals surface area (Å²) >= 11 is 5.89. The first-order valence-corrected chi connectivity index (χ1v) is 7.73. The van der Waals surface area contributed by atoms with E-state index in [0.29, 0.717) is 17.0 Å². The van der Waals surface area contributed by atoms with Crippen LogP contribution in [0.25, 0.3) is 0 Å². The molecule has 1 amide bonds. The molecule has 22 heavy (non-hydrogen) atoms. The predicted octanol–water partition coefficient (Wildman–Crippen LogP) is 4.12. The molecule has 0 radical (unpaired) electrons. The largest absolute Gasteiger partial charge is 0.388 e. The molecule has 2 atom stereocenters. The fourth-order valence-electron chi connectivity index (χ4n) is 2.99. The normalized spacial score (nSPS) is 20.6. The van der Waals surface area contributed by atoms with E-state index in [1.807, 2.05) is 32.0 Å². The Bertz CT molecular complexity index is 712. The fourth-order valence-corrected chi connectivity index (χ4v) is 3.12. The summed E-state index contributed by atoms with van der Waals surface area (Å²) in [6.07, 6.45) is 0.00893. The highest BCUT2D eigenvalue weighted by Crippen LogP contribution is 2.38. The molecule has 0 saturated heterocycles. The van der Waals surface area contributed by atoms with E-state index in [0.717, 1.165) is 16.8 Å². The second-order valence-electron chi connectivity index (χ2n) is 5.84. The van der Waals surface area contributed by atoms with Crippen LogP contribution in [-0.4, -0.2) is 17.1 Å². The van der Waals surface area contributed by atoms with Crippen molar-refractivity contribution in [2.24, 2.45) is 0 Å². The van der Waals surface area contributed by atoms with Gasteiger partial charge < -0.3 is 10.0 Å². The maximum atomic E-state index is 12.9. The Labute approximate surface area is 135 Å². The van der Waals surface area contributed by atoms with Gasteiger partial charge in [0.05, 0.1) is 11.8 Å². The number of halogens is 1. The van der Waals surface area contributed by atoms with Gasteiger partial charge in [-0.1, -0.05) is 29.3 Å². The smallest absolute Gasteiger partial charge is 0.258 e. The summed E-state index contributed by atoms with van der Waals surface area (Å²) in [6, 6.07) is 12.7. The van der Waals surface area contributed by atoms with Gasteiger partial charge in [0.25, 0.3) is 5.91 Å². The molecule has 4 heteroatoms. The molecule has 0 spiro atoms. The van der Waals surface area contributed by atoms with E-state index >= 15 is 0 Å². The standard InChI is InChI=1S/C18H18ClNO2/c1-11-3-8-16-15(9-11)17(21)10-12(2)20(16)18(22)13-4-6-14(19)7-5-13/h3-9,12,17,21H,10H2,1-2H3/t12-,17-/m1/s1. The molecule has 1 N–H and O–H groups in total. The molecule has 0 aromatic heterocycles. The average molecular weight is 316 g/mol. The van der Waals surface area contributed by atoms with Crippen molar-refractivity contribution in [2.45, 2.75) is 32.4 Å². The first-order valence-electron chi connectivity index (χ1n) is 7.35. The first-order chi connectivity index (χ1) is 10.5. The molecule has 0 unspecified atom stereocenters. The van der Waals surface area contributed by atoms with Crippen LogP contribution >= 0.6 is 11.6 Å². The third-order valence-electron chi connectivity index (χ3n) is 4.12. The number of amides is 1. The summed E-state index contributed by atoms with van der Waals surface area (Å²) in [6.45, 7) is 3.94. The lowest BCUT2D eigenvalue weighted by Crippen LogP contribution is -2.43. The number of rotatable bonds is 1. The Morgan fingerprint density at radius 3 is 2.59 bits per heavy atom. The number of nitrogens with zero attached hydrogens (tertiary/aromatic N) is 1. The molecule has 3 rings (SSSR count). The minimum atomic E-state index is -0.529. The Morgan fingerprint density at radius 2 is 1.91 bits per heavy atom. The second kappa shape index (κ2) is 5.75. The van der Waals surface area contributed by atoms with Crippen molar-refractivity contribution >= 4 is 23.2 Å². The highest BCUT2D eigenvalue weighted by Gasteiger charge is 2.33. The highest BCUT2D eigenvalue weighted by atomic mass is 35.5. The van der Waals surface area contributed by atoms with Crippen LogP contribution in [0.5, 0.6) is 0 Å². The number of carbonyl (C=O) groups is 1. The molecular weight excluding hydrogens is 298 g/mol. The van der Waals surface area contributed by atoms with Crippen molar-refractivity contribution in [3.05, 3.63) is 64.2 Å². The Morgan fingerprint density at radius 1 is 1.23 bits per heavy atom. The lowest BCUT2D eigenvalue weighted by atomic mass is 9.92. The van der Waals surface area contributed by atoms with Crippen molar-refractivity contribution in [1.29, 1.82) is 0 Å². The van der Waals surface area contributed by atoms with Gasteiger partial charge in [0.15, 0.2) is 0 Å². The summed E-state index contributed by atoms with van der Waals surface area (Å²) < 4.78 is 0. The summed E-state index contributed by atoms with van der Waals surface area (Å²) in [5.41, 5.74) is 3.28. The number of aliphatic hydroxyl groups is 1. The second-order valence-corrected chi connectivity index (χ2v) is 6.28. The third-order valence-corrected chi connectivity index (χ3v) is 4.37. The van der Waals surface area contributed by atoms with Gasteiger partial charge in [0, 0.05) is 22.2 Å². The zero-order valence-electron chi connectivity index (χ0n) is 12.6. The van der Waals surface area contributed by atoms with Gasteiger partial charge in [-0.3, -0.25) is 4.79 Å². The van der Waals surface area contributed by atoms with Crippen molar-refractivity contribution < 1.29 is 9.90 Å². The summed E-state index contributed by atoms with van der Waals surface area (Å²) in [5, 5.41) is 10.9. The van der Waals surface area contributed by atoms with E-state index in [-0.39, 0.29) is 11.9 Å². The fraction of sp³-hybridized carbons (Fsp3) is 0.278. The Balaban J connectivity index is 2.04. The van der Waals surface area contributed by atoms with E-state index in [9.17, 15) is 9.90 Å². The summed E-state index contributed by atoms with van der Waals surface area (Å²) in [4.78, 5) is 14.6. The highest BCUT2D eigenvalue weighted by molar-refractivity contribution is 6.30. The van der Waals surface area contributed by atoms with Crippen molar-refractivity contribution in [1.82, 2.24) is 0 Å². The number of aliphatic hydroxyl groups excluding tert-OH is 1. The zero-order chi connectivity index (χ0) is 15.9. The van der Waals surface area contributed by atoms with Crippen LogP contribution in [0.2, 0.25) is 5.02 Å². The number of anilines is 1. The topological polar surface area (TPSA) is 40.5 Å². The Hall–Kier alpha value is -1.84. The number of fused-ring (bicyclic) bond motifs is 1. The molecule has 1 heterocycles. The van der Waals surface area contributed by atoms with Gasteiger partial charge in [-0.05, 0) is 50.6 Å². The van der Waals surface area contributed by atoms with Crippen molar-refractivity contribution in [3.8, 4) is 0 Å². The number of hydrogen-bond acceptors (Lipinski definition) is 2. The zero-order valence-corrected chi connectivity index (χ0v) is 13.3. The van der Waals surface area contributed by atoms with Crippen LogP contribution in [0.15, 0.2) is 42.5 Å². The lowest BCUT2D eigenvalue weighted by molar-refractivity contribution is 0.0949. The van der Waals surface area contributed by atoms with Crippen LogP contribution < -0.4 is 4.90 Å². The van der Waals surface area contributed by atoms with E-state index < -0.39 is 6.10 Å². The van der Waals surface area contributed by atoms with Crippen LogP contribution in [0.3, 0.4) is 0 Å². The molecule has 2 aromatic rings. The van der Waals surface area contributed by atoms with Gasteiger partial charge in [0.1, 0.15) is 0 Å². The molecule has 1 aliphatic heterocycles. The summed E-state index contributed by atoms with van der Waals surface area (Å²) in [5.74, 6) is -0.0684. The van der Waals surface area contributed by atoms with Gasteiger partial charge >= 0.3 is 0 Å². The quantitative estimate of drug-likeness (QED) is 0.860. The van der Waals surface area contributed by atoms with Gasteiger partial charge in [0.2, 0.25) is 0 Å². The molecular formula is C18H18ClNO2. The SMILES string of the molecule is Cc1ccc2c(c1)[C@H](O)C[C@@H](C)N2C(=O)c1ccc(Cl)cc1. The van der Waals surface area contributed by atoms with E-state index in [1.165, 1.54) is 0 Å². The number of hydrogen-bond donors (Lipinski definition) is 1. The van der Waals surface area contributed by atoms with E-state index in [1.54, 1.807) is 29.2 Å². The third kappa shape index (κ3) is 2.62. The maximum Gasteiger partial charge on any atom is 0.258 e. The molecule has 0 fully saturated rings. The molecule has 114 valence electrons. The lowest BCUT2D eigenvalue weighted by Gasteiger charge is -2.38.